The third-order valence-corrected chi connectivity index (χ3v) is 4.87. The van der Waals surface area contributed by atoms with E-state index in [0.717, 1.165) is 17.9 Å². The van der Waals surface area contributed by atoms with Gasteiger partial charge in [0.25, 0.3) is 0 Å². The average Bonchev–Trinajstić information content (AvgIpc) is 2.88. The molecular weight excluding hydrogens is 218 g/mol. The van der Waals surface area contributed by atoms with Gasteiger partial charge in [-0.25, -0.2) is 0 Å². The minimum atomic E-state index is 0.738. The highest BCUT2D eigenvalue weighted by Gasteiger charge is 2.37. The summed E-state index contributed by atoms with van der Waals surface area (Å²) in [6.07, 6.45) is 8.33. The fraction of sp³-hybridized carbons (Fsp3) is 0.647. The van der Waals surface area contributed by atoms with Gasteiger partial charge >= 0.3 is 0 Å². The number of nitrogens with one attached hydrogen (secondary N) is 1. The van der Waals surface area contributed by atoms with Crippen molar-refractivity contribution in [3.8, 4) is 0 Å². The summed E-state index contributed by atoms with van der Waals surface area (Å²) in [7, 11) is 0. The van der Waals surface area contributed by atoms with Crippen LogP contribution in [0, 0.1) is 5.92 Å². The maximum atomic E-state index is 3.85. The van der Waals surface area contributed by atoms with Crippen molar-refractivity contribution in [2.45, 2.75) is 57.4 Å². The van der Waals surface area contributed by atoms with Crippen LogP contribution in [0.2, 0.25) is 0 Å². The molecule has 1 nitrogen and oxygen atoms in total. The van der Waals surface area contributed by atoms with Crippen LogP contribution in [-0.4, -0.2) is 12.6 Å². The van der Waals surface area contributed by atoms with Crippen LogP contribution in [0.25, 0.3) is 0 Å². The molecule has 0 spiro atoms. The Labute approximate surface area is 111 Å². The van der Waals surface area contributed by atoms with Crippen LogP contribution in [0.4, 0.5) is 0 Å². The van der Waals surface area contributed by atoms with Crippen molar-refractivity contribution in [2.75, 3.05) is 6.54 Å². The SMILES string of the molecule is CCCNC(C1CCCC1)C1Cc2ccccc21. The molecule has 1 heteroatoms. The number of fused-ring (bicyclic) bond motifs is 1. The molecule has 1 fully saturated rings. The Balaban J connectivity index is 1.74. The summed E-state index contributed by atoms with van der Waals surface area (Å²) in [4.78, 5) is 0. The Kier molecular flexibility index (Phi) is 3.69. The third kappa shape index (κ3) is 2.21. The van der Waals surface area contributed by atoms with Gasteiger partial charge in [0.1, 0.15) is 0 Å². The molecule has 0 heterocycles. The molecule has 0 saturated heterocycles. The number of benzene rings is 1. The Morgan fingerprint density at radius 2 is 2.00 bits per heavy atom. The monoisotopic (exact) mass is 243 g/mol. The molecule has 1 aromatic carbocycles. The lowest BCUT2D eigenvalue weighted by Gasteiger charge is -2.40. The first-order chi connectivity index (χ1) is 8.90. The lowest BCUT2D eigenvalue weighted by Crippen LogP contribution is -2.44. The maximum absolute atomic E-state index is 3.85. The van der Waals surface area contributed by atoms with Crippen molar-refractivity contribution in [1.29, 1.82) is 0 Å². The highest BCUT2D eigenvalue weighted by molar-refractivity contribution is 5.41. The standard InChI is InChI=1S/C17H25N/c1-2-11-18-17(13-7-3-4-8-13)16-12-14-9-5-6-10-15(14)16/h5-6,9-10,13,16-18H,2-4,7-8,11-12H2,1H3. The highest BCUT2D eigenvalue weighted by atomic mass is 14.9. The molecule has 0 amide bonds. The number of hydrogen-bond acceptors (Lipinski definition) is 1. The van der Waals surface area contributed by atoms with Gasteiger partial charge in [-0.15, -0.1) is 0 Å². The summed E-state index contributed by atoms with van der Waals surface area (Å²) in [6, 6.07) is 9.77. The minimum Gasteiger partial charge on any atom is -0.313 e. The van der Waals surface area contributed by atoms with E-state index in [2.05, 4.69) is 36.5 Å². The van der Waals surface area contributed by atoms with Crippen molar-refractivity contribution in [2.24, 2.45) is 5.92 Å². The van der Waals surface area contributed by atoms with Crippen LogP contribution in [0.1, 0.15) is 56.1 Å². The molecule has 1 aromatic rings. The molecule has 0 aliphatic heterocycles. The topological polar surface area (TPSA) is 12.0 Å². The van der Waals surface area contributed by atoms with E-state index in [4.69, 9.17) is 0 Å². The van der Waals surface area contributed by atoms with E-state index < -0.39 is 0 Å². The van der Waals surface area contributed by atoms with Crippen molar-refractivity contribution in [3.05, 3.63) is 35.4 Å². The quantitative estimate of drug-likeness (QED) is 0.827. The van der Waals surface area contributed by atoms with E-state index >= 15 is 0 Å². The zero-order valence-corrected chi connectivity index (χ0v) is 11.5. The highest BCUT2D eigenvalue weighted by Crippen LogP contribution is 2.43. The first kappa shape index (κ1) is 12.2. The zero-order chi connectivity index (χ0) is 12.4. The molecule has 2 aliphatic rings. The molecule has 1 N–H and O–H groups in total. The summed E-state index contributed by atoms with van der Waals surface area (Å²) in [5.74, 6) is 1.71. The fourth-order valence-corrected chi connectivity index (χ4v) is 3.88. The summed E-state index contributed by atoms with van der Waals surface area (Å²) < 4.78 is 0. The van der Waals surface area contributed by atoms with Crippen LogP contribution >= 0.6 is 0 Å². The van der Waals surface area contributed by atoms with Gasteiger partial charge in [-0.3, -0.25) is 0 Å². The molecule has 2 atom stereocenters. The van der Waals surface area contributed by atoms with Crippen molar-refractivity contribution < 1.29 is 0 Å². The van der Waals surface area contributed by atoms with Crippen LogP contribution in [0.3, 0.4) is 0 Å². The van der Waals surface area contributed by atoms with Crippen LogP contribution < -0.4 is 5.32 Å². The first-order valence-corrected chi connectivity index (χ1v) is 7.71. The molecule has 3 rings (SSSR count). The molecule has 0 aromatic heterocycles. The van der Waals surface area contributed by atoms with Crippen LogP contribution in [-0.2, 0) is 6.42 Å². The van der Waals surface area contributed by atoms with E-state index in [0.29, 0.717) is 0 Å². The van der Waals surface area contributed by atoms with Gasteiger partial charge in [0.05, 0.1) is 0 Å². The first-order valence-electron chi connectivity index (χ1n) is 7.71. The smallest absolute Gasteiger partial charge is 0.0167 e. The minimum absolute atomic E-state index is 0.738. The molecular formula is C17H25N. The van der Waals surface area contributed by atoms with E-state index in [1.165, 1.54) is 45.1 Å². The Morgan fingerprint density at radius 3 is 2.72 bits per heavy atom. The predicted octanol–water partition coefficient (Wildman–Crippen LogP) is 3.88. The van der Waals surface area contributed by atoms with Crippen molar-refractivity contribution in [1.82, 2.24) is 5.32 Å². The zero-order valence-electron chi connectivity index (χ0n) is 11.5. The average molecular weight is 243 g/mol. The summed E-state index contributed by atoms with van der Waals surface area (Å²) >= 11 is 0. The van der Waals surface area contributed by atoms with Gasteiger partial charge in [-0.05, 0) is 49.3 Å². The van der Waals surface area contributed by atoms with Gasteiger partial charge in [0, 0.05) is 12.0 Å². The Morgan fingerprint density at radius 1 is 1.22 bits per heavy atom. The van der Waals surface area contributed by atoms with Crippen molar-refractivity contribution >= 4 is 0 Å². The molecule has 18 heavy (non-hydrogen) atoms. The van der Waals surface area contributed by atoms with Crippen LogP contribution in [0.5, 0.6) is 0 Å². The molecule has 0 radical (unpaired) electrons. The number of rotatable bonds is 5. The maximum Gasteiger partial charge on any atom is 0.0167 e. The molecule has 2 unspecified atom stereocenters. The summed E-state index contributed by atoms with van der Waals surface area (Å²) in [6.45, 7) is 3.45. The number of hydrogen-bond donors (Lipinski definition) is 1. The van der Waals surface area contributed by atoms with Crippen molar-refractivity contribution in [3.63, 3.8) is 0 Å². The summed E-state index contributed by atoms with van der Waals surface area (Å²) in [5, 5.41) is 3.85. The second-order valence-electron chi connectivity index (χ2n) is 6.03. The molecule has 2 aliphatic carbocycles. The van der Waals surface area contributed by atoms with Gasteiger partial charge < -0.3 is 5.32 Å². The lowest BCUT2D eigenvalue weighted by molar-refractivity contribution is 0.291. The fourth-order valence-electron chi connectivity index (χ4n) is 3.88. The predicted molar refractivity (Wildman–Crippen MR) is 76.9 cm³/mol. The molecule has 0 bridgehead atoms. The largest absolute Gasteiger partial charge is 0.313 e. The van der Waals surface area contributed by atoms with E-state index in [-0.39, 0.29) is 0 Å². The third-order valence-electron chi connectivity index (χ3n) is 4.87. The van der Waals surface area contributed by atoms with Gasteiger partial charge in [0.15, 0.2) is 0 Å². The van der Waals surface area contributed by atoms with Crippen LogP contribution in [0.15, 0.2) is 24.3 Å². The van der Waals surface area contributed by atoms with Gasteiger partial charge in [-0.1, -0.05) is 44.0 Å². The van der Waals surface area contributed by atoms with E-state index in [1.807, 2.05) is 0 Å². The van der Waals surface area contributed by atoms with E-state index in [1.54, 1.807) is 11.1 Å². The Hall–Kier alpha value is -0.820. The van der Waals surface area contributed by atoms with E-state index in [9.17, 15) is 0 Å². The normalized spacial score (nSPS) is 24.6. The molecule has 1 saturated carbocycles. The van der Waals surface area contributed by atoms with Gasteiger partial charge in [0.2, 0.25) is 0 Å². The Bertz CT molecular complexity index is 392. The second kappa shape index (κ2) is 5.44. The second-order valence-corrected chi connectivity index (χ2v) is 6.03. The van der Waals surface area contributed by atoms with Gasteiger partial charge in [-0.2, -0.15) is 0 Å². The lowest BCUT2D eigenvalue weighted by atomic mass is 9.70. The summed E-state index contributed by atoms with van der Waals surface area (Å²) in [5.41, 5.74) is 3.21. The molecule has 98 valence electrons.